The predicted octanol–water partition coefficient (Wildman–Crippen LogP) is 2.89. The average molecular weight is 306 g/mol. The van der Waals surface area contributed by atoms with Gasteiger partial charge >= 0.3 is 0 Å². The first-order chi connectivity index (χ1) is 10.2. The molecule has 3 unspecified atom stereocenters. The Hall–Kier alpha value is -1.78. The van der Waals surface area contributed by atoms with E-state index >= 15 is 0 Å². The molecule has 1 aromatic carbocycles. The zero-order valence-electron chi connectivity index (χ0n) is 11.3. The number of halogens is 1. The Morgan fingerprint density at radius 1 is 1.38 bits per heavy atom. The van der Waals surface area contributed by atoms with Crippen molar-refractivity contribution < 1.29 is 14.3 Å². The van der Waals surface area contributed by atoms with E-state index in [0.29, 0.717) is 10.8 Å². The van der Waals surface area contributed by atoms with Crippen LogP contribution in [0, 0.1) is 5.92 Å². The summed E-state index contributed by atoms with van der Waals surface area (Å²) >= 11 is 6.14. The molecule has 0 bridgehead atoms. The molecule has 2 N–H and O–H groups in total. The zero-order chi connectivity index (χ0) is 14.8. The molecular formula is C16H16ClNO3. The highest BCUT2D eigenvalue weighted by Gasteiger charge is 2.44. The number of rotatable bonds is 5. The van der Waals surface area contributed by atoms with Gasteiger partial charge in [-0.3, -0.25) is 4.79 Å². The predicted molar refractivity (Wildman–Crippen MR) is 79.0 cm³/mol. The van der Waals surface area contributed by atoms with Crippen LogP contribution in [-0.4, -0.2) is 17.6 Å². The molecule has 1 heterocycles. The van der Waals surface area contributed by atoms with Crippen LogP contribution in [0.15, 0.2) is 47.1 Å². The Labute approximate surface area is 127 Å². The molecule has 1 aliphatic carbocycles. The van der Waals surface area contributed by atoms with Crippen molar-refractivity contribution in [3.05, 3.63) is 59.0 Å². The lowest BCUT2D eigenvalue weighted by atomic mass is 10.1. The third-order valence-corrected chi connectivity index (χ3v) is 4.12. The van der Waals surface area contributed by atoms with E-state index in [0.717, 1.165) is 12.0 Å². The monoisotopic (exact) mass is 305 g/mol. The summed E-state index contributed by atoms with van der Waals surface area (Å²) in [6.07, 6.45) is 1.47. The van der Waals surface area contributed by atoms with Gasteiger partial charge in [0.2, 0.25) is 5.91 Å². The van der Waals surface area contributed by atoms with Crippen LogP contribution < -0.4 is 5.32 Å². The molecule has 1 aliphatic rings. The van der Waals surface area contributed by atoms with E-state index in [1.807, 2.05) is 24.3 Å². The summed E-state index contributed by atoms with van der Waals surface area (Å²) in [4.78, 5) is 12.1. The average Bonchev–Trinajstić information content (AvgIpc) is 3.08. The van der Waals surface area contributed by atoms with Gasteiger partial charge in [-0.1, -0.05) is 29.8 Å². The molecule has 1 amide bonds. The number of hydrogen-bond donors (Lipinski definition) is 2. The first-order valence-corrected chi connectivity index (χ1v) is 7.28. The summed E-state index contributed by atoms with van der Waals surface area (Å²) in [6, 6.07) is 11.0. The van der Waals surface area contributed by atoms with E-state index in [4.69, 9.17) is 16.0 Å². The van der Waals surface area contributed by atoms with Crippen LogP contribution in [0.5, 0.6) is 0 Å². The Bertz CT molecular complexity index is 626. The van der Waals surface area contributed by atoms with Gasteiger partial charge in [0.15, 0.2) is 0 Å². The number of aliphatic hydroxyl groups excluding tert-OH is 1. The van der Waals surface area contributed by atoms with Crippen LogP contribution >= 0.6 is 11.6 Å². The van der Waals surface area contributed by atoms with Crippen molar-refractivity contribution in [3.63, 3.8) is 0 Å². The zero-order valence-corrected chi connectivity index (χ0v) is 12.1. The van der Waals surface area contributed by atoms with Gasteiger partial charge in [-0.15, -0.1) is 0 Å². The Kier molecular flexibility index (Phi) is 3.99. The van der Waals surface area contributed by atoms with Crippen molar-refractivity contribution in [2.75, 3.05) is 6.54 Å². The molecule has 21 heavy (non-hydrogen) atoms. The maximum absolute atomic E-state index is 12.1. The summed E-state index contributed by atoms with van der Waals surface area (Å²) in [5, 5.41) is 13.3. The molecule has 3 rings (SSSR count). The lowest BCUT2D eigenvalue weighted by Gasteiger charge is -2.09. The quantitative estimate of drug-likeness (QED) is 0.893. The van der Waals surface area contributed by atoms with Gasteiger partial charge in [0.05, 0.1) is 12.8 Å². The molecule has 1 aromatic heterocycles. The highest BCUT2D eigenvalue weighted by atomic mass is 35.5. The second-order valence-electron chi connectivity index (χ2n) is 5.25. The Morgan fingerprint density at radius 2 is 2.19 bits per heavy atom. The van der Waals surface area contributed by atoms with Crippen molar-refractivity contribution in [2.45, 2.75) is 18.4 Å². The fourth-order valence-electron chi connectivity index (χ4n) is 2.51. The van der Waals surface area contributed by atoms with Crippen molar-refractivity contribution in [3.8, 4) is 0 Å². The molecular weight excluding hydrogens is 290 g/mol. The van der Waals surface area contributed by atoms with E-state index in [9.17, 15) is 9.90 Å². The van der Waals surface area contributed by atoms with Gasteiger partial charge in [-0.2, -0.15) is 0 Å². The minimum absolute atomic E-state index is 0.0504. The number of hydrogen-bond acceptors (Lipinski definition) is 3. The summed E-state index contributed by atoms with van der Waals surface area (Å²) in [6.45, 7) is 0.151. The van der Waals surface area contributed by atoms with Crippen molar-refractivity contribution in [1.82, 2.24) is 5.32 Å². The van der Waals surface area contributed by atoms with Crippen molar-refractivity contribution >= 4 is 17.5 Å². The molecule has 0 spiro atoms. The summed E-state index contributed by atoms with van der Waals surface area (Å²) in [5.41, 5.74) is 1.02. The highest BCUT2D eigenvalue weighted by Crippen LogP contribution is 2.49. The molecule has 110 valence electrons. The lowest BCUT2D eigenvalue weighted by molar-refractivity contribution is -0.122. The summed E-state index contributed by atoms with van der Waals surface area (Å²) in [7, 11) is 0. The maximum Gasteiger partial charge on any atom is 0.223 e. The van der Waals surface area contributed by atoms with Crippen LogP contribution in [0.25, 0.3) is 0 Å². The fraction of sp³-hybridized carbons (Fsp3) is 0.312. The molecule has 1 fully saturated rings. The summed E-state index contributed by atoms with van der Waals surface area (Å²) < 4.78 is 5.09. The summed E-state index contributed by atoms with van der Waals surface area (Å²) in [5.74, 6) is 0.521. The maximum atomic E-state index is 12.1. The van der Waals surface area contributed by atoms with Crippen LogP contribution in [0.3, 0.4) is 0 Å². The number of carbonyl (C=O) groups is 1. The largest absolute Gasteiger partial charge is 0.467 e. The first-order valence-electron chi connectivity index (χ1n) is 6.90. The van der Waals surface area contributed by atoms with Gasteiger partial charge in [-0.05, 0) is 36.1 Å². The molecule has 5 heteroatoms. The Balaban J connectivity index is 1.53. The van der Waals surface area contributed by atoms with Gasteiger partial charge in [-0.25, -0.2) is 0 Å². The molecule has 0 saturated heterocycles. The number of amides is 1. The molecule has 4 nitrogen and oxygen atoms in total. The first kappa shape index (κ1) is 14.2. The standard InChI is InChI=1S/C16H16ClNO3/c17-13-5-2-1-4-10(13)11-8-12(11)16(20)18-9-14(19)15-6-3-7-21-15/h1-7,11-12,14,19H,8-9H2,(H,18,20). The molecule has 0 radical (unpaired) electrons. The number of benzene rings is 1. The van der Waals surface area contributed by atoms with E-state index in [2.05, 4.69) is 5.32 Å². The van der Waals surface area contributed by atoms with Gasteiger partial charge in [0.25, 0.3) is 0 Å². The minimum Gasteiger partial charge on any atom is -0.467 e. The minimum atomic E-state index is -0.818. The van der Waals surface area contributed by atoms with Crippen LogP contribution in [0.1, 0.15) is 29.8 Å². The SMILES string of the molecule is O=C(NCC(O)c1ccco1)C1CC1c1ccccc1Cl. The lowest BCUT2D eigenvalue weighted by Crippen LogP contribution is -2.29. The van der Waals surface area contributed by atoms with Crippen LogP contribution in [0.4, 0.5) is 0 Å². The molecule has 3 atom stereocenters. The van der Waals surface area contributed by atoms with Gasteiger partial charge in [0.1, 0.15) is 11.9 Å². The third-order valence-electron chi connectivity index (χ3n) is 3.77. The number of aliphatic hydroxyl groups is 1. The van der Waals surface area contributed by atoms with Crippen LogP contribution in [-0.2, 0) is 4.79 Å². The second-order valence-corrected chi connectivity index (χ2v) is 5.65. The molecule has 0 aliphatic heterocycles. The van der Waals surface area contributed by atoms with E-state index in [1.165, 1.54) is 6.26 Å². The highest BCUT2D eigenvalue weighted by molar-refractivity contribution is 6.31. The third kappa shape index (κ3) is 3.12. The van der Waals surface area contributed by atoms with Gasteiger partial charge in [0, 0.05) is 10.9 Å². The fourth-order valence-corrected chi connectivity index (χ4v) is 2.79. The Morgan fingerprint density at radius 3 is 2.90 bits per heavy atom. The van der Waals surface area contributed by atoms with Crippen LogP contribution in [0.2, 0.25) is 5.02 Å². The van der Waals surface area contributed by atoms with E-state index < -0.39 is 6.10 Å². The smallest absolute Gasteiger partial charge is 0.223 e. The van der Waals surface area contributed by atoms with Crippen molar-refractivity contribution in [1.29, 1.82) is 0 Å². The van der Waals surface area contributed by atoms with E-state index in [1.54, 1.807) is 12.1 Å². The number of nitrogens with one attached hydrogen (secondary N) is 1. The number of carbonyl (C=O) groups excluding carboxylic acids is 1. The van der Waals surface area contributed by atoms with E-state index in [-0.39, 0.29) is 24.3 Å². The van der Waals surface area contributed by atoms with Crippen molar-refractivity contribution in [2.24, 2.45) is 5.92 Å². The van der Waals surface area contributed by atoms with Gasteiger partial charge < -0.3 is 14.8 Å². The molecule has 2 aromatic rings. The second kappa shape index (κ2) is 5.92. The molecule has 1 saturated carbocycles. The normalized spacial score (nSPS) is 21.8. The number of furan rings is 1. The topological polar surface area (TPSA) is 62.5 Å².